The van der Waals surface area contributed by atoms with Crippen molar-refractivity contribution in [2.24, 2.45) is 0 Å². The number of hydrogen-bond donors (Lipinski definition) is 0. The van der Waals surface area contributed by atoms with E-state index in [2.05, 4.69) is 0 Å². The Bertz CT molecular complexity index is 1180. The van der Waals surface area contributed by atoms with Crippen LogP contribution in [-0.2, 0) is 14.4 Å². The van der Waals surface area contributed by atoms with E-state index in [1.165, 1.54) is 24.3 Å². The molecule has 0 N–H and O–H groups in total. The van der Waals surface area contributed by atoms with Gasteiger partial charge in [-0.25, -0.2) is 4.90 Å². The first-order valence-electron chi connectivity index (χ1n) is 9.21. The Kier molecular flexibility index (Phi) is 5.42. The fourth-order valence-corrected chi connectivity index (χ4v) is 4.77. The predicted molar refractivity (Wildman–Crippen MR) is 120 cm³/mol. The lowest BCUT2D eigenvalue weighted by Gasteiger charge is -2.21. The van der Waals surface area contributed by atoms with Crippen molar-refractivity contribution in [1.29, 1.82) is 0 Å². The van der Waals surface area contributed by atoms with E-state index in [9.17, 15) is 24.5 Å². The number of nitrogens with zero attached hydrogens (tertiary/aromatic N) is 3. The first kappa shape index (κ1) is 20.9. The molecular formula is C21H15N3O5S2. The van der Waals surface area contributed by atoms with Crippen LogP contribution < -0.4 is 4.90 Å². The molecule has 1 atom stereocenters. The molecule has 31 heavy (non-hydrogen) atoms. The molecule has 2 aliphatic rings. The van der Waals surface area contributed by atoms with E-state index in [-0.39, 0.29) is 21.3 Å². The van der Waals surface area contributed by atoms with Crippen LogP contribution in [-0.4, -0.2) is 37.9 Å². The van der Waals surface area contributed by atoms with Crippen molar-refractivity contribution in [2.45, 2.75) is 19.4 Å². The topological polar surface area (TPSA) is 101 Å². The Hall–Kier alpha value is -3.37. The lowest BCUT2D eigenvalue weighted by Crippen LogP contribution is -2.44. The van der Waals surface area contributed by atoms with Crippen LogP contribution in [0.15, 0.2) is 53.4 Å². The van der Waals surface area contributed by atoms with E-state index in [1.807, 2.05) is 6.92 Å². The molecule has 2 fully saturated rings. The molecule has 2 heterocycles. The summed E-state index contributed by atoms with van der Waals surface area (Å²) < 4.78 is 0.165. The van der Waals surface area contributed by atoms with E-state index in [4.69, 9.17) is 12.2 Å². The van der Waals surface area contributed by atoms with Gasteiger partial charge in [0.1, 0.15) is 10.4 Å². The Morgan fingerprint density at radius 3 is 2.55 bits per heavy atom. The number of aryl methyl sites for hydroxylation is 1. The zero-order valence-electron chi connectivity index (χ0n) is 16.2. The number of anilines is 1. The van der Waals surface area contributed by atoms with Gasteiger partial charge in [-0.2, -0.15) is 0 Å². The van der Waals surface area contributed by atoms with Crippen LogP contribution >= 0.6 is 24.0 Å². The molecule has 0 saturated carbocycles. The quantitative estimate of drug-likeness (QED) is 0.230. The molecular weight excluding hydrogens is 438 g/mol. The first-order valence-corrected chi connectivity index (χ1v) is 10.4. The number of nitro benzene ring substituents is 1. The zero-order chi connectivity index (χ0) is 22.3. The summed E-state index contributed by atoms with van der Waals surface area (Å²) in [5, 5.41) is 11.0. The lowest BCUT2D eigenvalue weighted by molar-refractivity contribution is -0.384. The molecule has 2 aromatic rings. The molecule has 0 unspecified atom stereocenters. The Labute approximate surface area is 186 Å². The SMILES string of the molecule is Cc1ccc(N2C(=O)C[C@@H](N3C(=O)/C(=C/c4cccc([N+](=O)[O-])c4)SC3=S)C2=O)cc1. The number of thiocarbonyl (C=S) groups is 1. The minimum Gasteiger partial charge on any atom is -0.280 e. The summed E-state index contributed by atoms with van der Waals surface area (Å²) in [7, 11) is 0. The van der Waals surface area contributed by atoms with Gasteiger partial charge in [-0.05, 0) is 30.7 Å². The molecule has 3 amide bonds. The van der Waals surface area contributed by atoms with Gasteiger partial charge in [0.2, 0.25) is 5.91 Å². The second-order valence-electron chi connectivity index (χ2n) is 7.03. The van der Waals surface area contributed by atoms with Gasteiger partial charge in [-0.3, -0.25) is 29.4 Å². The first-order chi connectivity index (χ1) is 14.8. The Balaban J connectivity index is 1.60. The van der Waals surface area contributed by atoms with Crippen LogP contribution in [0.4, 0.5) is 11.4 Å². The maximum Gasteiger partial charge on any atom is 0.270 e. The maximum atomic E-state index is 13.0. The van der Waals surface area contributed by atoms with Gasteiger partial charge in [0.05, 0.1) is 21.9 Å². The van der Waals surface area contributed by atoms with Gasteiger partial charge in [0.15, 0.2) is 0 Å². The fourth-order valence-electron chi connectivity index (χ4n) is 3.41. The third-order valence-electron chi connectivity index (χ3n) is 4.93. The van der Waals surface area contributed by atoms with Crippen LogP contribution in [0, 0.1) is 17.0 Å². The average Bonchev–Trinajstić information content (AvgIpc) is 3.17. The fraction of sp³-hybridized carbons (Fsp3) is 0.143. The number of thioether (sulfide) groups is 1. The van der Waals surface area contributed by atoms with Crippen molar-refractivity contribution in [2.75, 3.05) is 4.90 Å². The highest BCUT2D eigenvalue weighted by Crippen LogP contribution is 2.37. The Morgan fingerprint density at radius 1 is 1.16 bits per heavy atom. The molecule has 10 heteroatoms. The van der Waals surface area contributed by atoms with Crippen LogP contribution in [0.1, 0.15) is 17.5 Å². The number of non-ortho nitro benzene ring substituents is 1. The molecule has 2 aliphatic heterocycles. The molecule has 156 valence electrons. The van der Waals surface area contributed by atoms with Gasteiger partial charge < -0.3 is 0 Å². The van der Waals surface area contributed by atoms with E-state index < -0.39 is 28.7 Å². The standard InChI is InChI=1S/C21H15N3O5S2/c1-12-5-7-14(8-6-12)22-18(25)11-16(19(22)26)23-20(27)17(31-21(23)30)10-13-3-2-4-15(9-13)24(28)29/h2-10,16H,11H2,1H3/b17-10-/t16-/m1/s1. The number of amides is 3. The van der Waals surface area contributed by atoms with Crippen LogP contribution in [0.25, 0.3) is 6.08 Å². The van der Waals surface area contributed by atoms with Gasteiger partial charge >= 0.3 is 0 Å². The highest BCUT2D eigenvalue weighted by Gasteiger charge is 2.48. The number of carbonyl (C=O) groups is 3. The predicted octanol–water partition coefficient (Wildman–Crippen LogP) is 3.44. The molecule has 0 aromatic heterocycles. The zero-order valence-corrected chi connectivity index (χ0v) is 17.8. The Morgan fingerprint density at radius 2 is 1.87 bits per heavy atom. The van der Waals surface area contributed by atoms with Gasteiger partial charge in [-0.1, -0.05) is 53.8 Å². The maximum absolute atomic E-state index is 13.0. The number of carbonyl (C=O) groups excluding carboxylic acids is 3. The lowest BCUT2D eigenvalue weighted by atomic mass is 10.1. The molecule has 0 radical (unpaired) electrons. The van der Waals surface area contributed by atoms with Crippen molar-refractivity contribution >= 4 is 63.5 Å². The van der Waals surface area contributed by atoms with Crippen LogP contribution in [0.2, 0.25) is 0 Å². The summed E-state index contributed by atoms with van der Waals surface area (Å²) in [6.45, 7) is 1.90. The molecule has 0 bridgehead atoms. The van der Waals surface area contributed by atoms with E-state index in [1.54, 1.807) is 30.3 Å². The third kappa shape index (κ3) is 3.87. The van der Waals surface area contributed by atoms with Crippen LogP contribution in [0.5, 0.6) is 0 Å². The highest BCUT2D eigenvalue weighted by atomic mass is 32.2. The molecule has 4 rings (SSSR count). The number of hydrogen-bond acceptors (Lipinski definition) is 7. The van der Waals surface area contributed by atoms with E-state index in [0.29, 0.717) is 11.3 Å². The third-order valence-corrected chi connectivity index (χ3v) is 6.26. The minimum atomic E-state index is -1.02. The number of nitro groups is 1. The second-order valence-corrected chi connectivity index (χ2v) is 8.70. The highest BCUT2D eigenvalue weighted by molar-refractivity contribution is 8.26. The summed E-state index contributed by atoms with van der Waals surface area (Å²) >= 11 is 6.31. The normalized spacial score (nSPS) is 20.3. The average molecular weight is 454 g/mol. The van der Waals surface area contributed by atoms with Gasteiger partial charge in [0, 0.05) is 12.1 Å². The van der Waals surface area contributed by atoms with Crippen molar-refractivity contribution in [3.8, 4) is 0 Å². The van der Waals surface area contributed by atoms with Crippen molar-refractivity contribution in [3.05, 3.63) is 74.7 Å². The molecule has 0 spiro atoms. The summed E-state index contributed by atoms with van der Waals surface area (Å²) in [4.78, 5) is 51.5. The molecule has 2 aromatic carbocycles. The summed E-state index contributed by atoms with van der Waals surface area (Å²) in [5.41, 5.74) is 1.79. The monoisotopic (exact) mass is 453 g/mol. The number of rotatable bonds is 4. The molecule has 0 aliphatic carbocycles. The van der Waals surface area contributed by atoms with Crippen molar-refractivity contribution in [1.82, 2.24) is 4.90 Å². The number of imide groups is 1. The smallest absolute Gasteiger partial charge is 0.270 e. The molecule has 2 saturated heterocycles. The second kappa shape index (κ2) is 8.05. The van der Waals surface area contributed by atoms with E-state index in [0.717, 1.165) is 27.1 Å². The van der Waals surface area contributed by atoms with E-state index >= 15 is 0 Å². The molecule has 8 nitrogen and oxygen atoms in total. The van der Waals surface area contributed by atoms with Crippen molar-refractivity contribution in [3.63, 3.8) is 0 Å². The largest absolute Gasteiger partial charge is 0.280 e. The van der Waals surface area contributed by atoms with Gasteiger partial charge in [0.25, 0.3) is 17.5 Å². The summed E-state index contributed by atoms with van der Waals surface area (Å²) in [6.07, 6.45) is 1.33. The van der Waals surface area contributed by atoms with Crippen molar-refractivity contribution < 1.29 is 19.3 Å². The minimum absolute atomic E-state index is 0.102. The number of benzene rings is 2. The summed E-state index contributed by atoms with van der Waals surface area (Å²) in [5.74, 6) is -1.42. The van der Waals surface area contributed by atoms with Crippen LogP contribution in [0.3, 0.4) is 0 Å². The van der Waals surface area contributed by atoms with Gasteiger partial charge in [-0.15, -0.1) is 0 Å². The summed E-state index contributed by atoms with van der Waals surface area (Å²) in [6, 6.07) is 11.8.